The first kappa shape index (κ1) is 12.8. The molecular formula is C16H19NO. The number of hydrogen-bond acceptors (Lipinski definition) is 2. The molecule has 0 fully saturated rings. The van der Waals surface area contributed by atoms with Crippen molar-refractivity contribution in [1.82, 2.24) is 0 Å². The maximum absolute atomic E-state index is 10.4. The molecule has 1 unspecified atom stereocenters. The first-order valence-electron chi connectivity index (χ1n) is 6.16. The van der Waals surface area contributed by atoms with Crippen molar-refractivity contribution < 1.29 is 5.11 Å². The van der Waals surface area contributed by atoms with E-state index in [-0.39, 0.29) is 0 Å². The Bertz CT molecular complexity index is 531. The first-order valence-corrected chi connectivity index (χ1v) is 6.16. The van der Waals surface area contributed by atoms with Crippen LogP contribution in [0.25, 0.3) is 0 Å². The molecule has 2 nitrogen and oxygen atoms in total. The molecule has 0 bridgehead atoms. The molecule has 3 N–H and O–H groups in total. The van der Waals surface area contributed by atoms with Crippen LogP contribution in [0.4, 0.5) is 0 Å². The summed E-state index contributed by atoms with van der Waals surface area (Å²) in [6, 6.07) is 13.9. The van der Waals surface area contributed by atoms with E-state index in [9.17, 15) is 5.11 Å². The second-order valence-corrected chi connectivity index (χ2v) is 4.71. The predicted molar refractivity (Wildman–Crippen MR) is 74.3 cm³/mol. The van der Waals surface area contributed by atoms with Crippen LogP contribution in [-0.2, 0) is 6.54 Å². The van der Waals surface area contributed by atoms with Gasteiger partial charge in [0.05, 0.1) is 0 Å². The standard InChI is InChI=1S/C16H19NO/c1-11-3-4-12(2)15(9-11)16(18)14-7-5-13(10-17)6-8-14/h3-9,16,18H,10,17H2,1-2H3. The zero-order valence-electron chi connectivity index (χ0n) is 10.9. The summed E-state index contributed by atoms with van der Waals surface area (Å²) in [5, 5.41) is 10.4. The van der Waals surface area contributed by atoms with Crippen LogP contribution in [0.15, 0.2) is 42.5 Å². The van der Waals surface area contributed by atoms with Gasteiger partial charge >= 0.3 is 0 Å². The molecule has 0 saturated carbocycles. The number of hydrogen-bond donors (Lipinski definition) is 2. The normalized spacial score (nSPS) is 12.4. The van der Waals surface area contributed by atoms with Crippen molar-refractivity contribution in [1.29, 1.82) is 0 Å². The van der Waals surface area contributed by atoms with Crippen LogP contribution >= 0.6 is 0 Å². The predicted octanol–water partition coefficient (Wildman–Crippen LogP) is 2.84. The van der Waals surface area contributed by atoms with Gasteiger partial charge in [0, 0.05) is 6.54 Å². The minimum Gasteiger partial charge on any atom is -0.384 e. The van der Waals surface area contributed by atoms with Crippen LogP contribution in [0.5, 0.6) is 0 Å². The van der Waals surface area contributed by atoms with Gasteiger partial charge in [-0.15, -0.1) is 0 Å². The molecule has 0 spiro atoms. The lowest BCUT2D eigenvalue weighted by Crippen LogP contribution is -2.03. The summed E-state index contributed by atoms with van der Waals surface area (Å²) in [4.78, 5) is 0. The Morgan fingerprint density at radius 3 is 2.33 bits per heavy atom. The average Bonchev–Trinajstić information content (AvgIpc) is 2.41. The number of benzene rings is 2. The fourth-order valence-corrected chi connectivity index (χ4v) is 2.07. The van der Waals surface area contributed by atoms with Gasteiger partial charge in [0.25, 0.3) is 0 Å². The van der Waals surface area contributed by atoms with E-state index in [0.29, 0.717) is 6.54 Å². The zero-order valence-corrected chi connectivity index (χ0v) is 10.9. The van der Waals surface area contributed by atoms with E-state index >= 15 is 0 Å². The highest BCUT2D eigenvalue weighted by Crippen LogP contribution is 2.25. The molecule has 0 heterocycles. The fourth-order valence-electron chi connectivity index (χ4n) is 2.07. The summed E-state index contributed by atoms with van der Waals surface area (Å²) in [5.41, 5.74) is 10.8. The molecule has 0 amide bonds. The van der Waals surface area contributed by atoms with Crippen LogP contribution in [0.2, 0.25) is 0 Å². The minimum atomic E-state index is -0.572. The van der Waals surface area contributed by atoms with Crippen LogP contribution in [0, 0.1) is 13.8 Å². The van der Waals surface area contributed by atoms with Crippen molar-refractivity contribution in [2.75, 3.05) is 0 Å². The average molecular weight is 241 g/mol. The van der Waals surface area contributed by atoms with Gasteiger partial charge in [-0.2, -0.15) is 0 Å². The van der Waals surface area contributed by atoms with Crippen LogP contribution in [-0.4, -0.2) is 5.11 Å². The number of nitrogens with two attached hydrogens (primary N) is 1. The molecule has 2 aromatic rings. The highest BCUT2D eigenvalue weighted by atomic mass is 16.3. The minimum absolute atomic E-state index is 0.528. The molecule has 18 heavy (non-hydrogen) atoms. The van der Waals surface area contributed by atoms with E-state index in [2.05, 4.69) is 6.07 Å². The van der Waals surface area contributed by atoms with Crippen molar-refractivity contribution in [2.45, 2.75) is 26.5 Å². The molecule has 0 aliphatic rings. The molecule has 2 heteroatoms. The Kier molecular flexibility index (Phi) is 3.80. The number of rotatable bonds is 3. The Morgan fingerprint density at radius 2 is 1.72 bits per heavy atom. The Balaban J connectivity index is 2.34. The lowest BCUT2D eigenvalue weighted by atomic mass is 9.95. The van der Waals surface area contributed by atoms with E-state index in [0.717, 1.165) is 27.8 Å². The van der Waals surface area contributed by atoms with E-state index in [1.54, 1.807) is 0 Å². The van der Waals surface area contributed by atoms with Crippen molar-refractivity contribution in [2.24, 2.45) is 5.73 Å². The Morgan fingerprint density at radius 1 is 1.06 bits per heavy atom. The van der Waals surface area contributed by atoms with Gasteiger partial charge in [-0.1, -0.05) is 48.0 Å². The van der Waals surface area contributed by atoms with E-state index < -0.39 is 6.10 Å². The summed E-state index contributed by atoms with van der Waals surface area (Å²) < 4.78 is 0. The molecule has 0 aliphatic heterocycles. The topological polar surface area (TPSA) is 46.2 Å². The third-order valence-corrected chi connectivity index (χ3v) is 3.26. The van der Waals surface area contributed by atoms with Gasteiger partial charge in [0.15, 0.2) is 0 Å². The summed E-state index contributed by atoms with van der Waals surface area (Å²) in [5.74, 6) is 0. The van der Waals surface area contributed by atoms with Gasteiger partial charge in [0.1, 0.15) is 6.10 Å². The highest BCUT2D eigenvalue weighted by molar-refractivity contribution is 5.38. The molecular weight excluding hydrogens is 222 g/mol. The third kappa shape index (κ3) is 2.61. The van der Waals surface area contributed by atoms with Crippen molar-refractivity contribution in [3.05, 3.63) is 70.3 Å². The molecule has 2 aromatic carbocycles. The van der Waals surface area contributed by atoms with Crippen molar-refractivity contribution in [3.63, 3.8) is 0 Å². The summed E-state index contributed by atoms with van der Waals surface area (Å²) in [6.45, 7) is 4.58. The second-order valence-electron chi connectivity index (χ2n) is 4.71. The zero-order chi connectivity index (χ0) is 13.1. The molecule has 0 saturated heterocycles. The smallest absolute Gasteiger partial charge is 0.104 e. The maximum Gasteiger partial charge on any atom is 0.104 e. The van der Waals surface area contributed by atoms with Crippen LogP contribution in [0.1, 0.15) is 33.9 Å². The Hall–Kier alpha value is -1.64. The van der Waals surface area contributed by atoms with Crippen LogP contribution < -0.4 is 5.73 Å². The summed E-state index contributed by atoms with van der Waals surface area (Å²) >= 11 is 0. The summed E-state index contributed by atoms with van der Waals surface area (Å²) in [7, 11) is 0. The number of aliphatic hydroxyl groups is 1. The monoisotopic (exact) mass is 241 g/mol. The largest absolute Gasteiger partial charge is 0.384 e. The number of aliphatic hydroxyl groups excluding tert-OH is 1. The number of aryl methyl sites for hydroxylation is 2. The van der Waals surface area contributed by atoms with Gasteiger partial charge in [0.2, 0.25) is 0 Å². The lowest BCUT2D eigenvalue weighted by Gasteiger charge is -2.15. The fraction of sp³-hybridized carbons (Fsp3) is 0.250. The highest BCUT2D eigenvalue weighted by Gasteiger charge is 2.12. The van der Waals surface area contributed by atoms with E-state index in [4.69, 9.17) is 5.73 Å². The van der Waals surface area contributed by atoms with E-state index in [1.807, 2.05) is 50.2 Å². The van der Waals surface area contributed by atoms with Crippen molar-refractivity contribution in [3.8, 4) is 0 Å². The van der Waals surface area contributed by atoms with Gasteiger partial charge < -0.3 is 10.8 Å². The molecule has 94 valence electrons. The molecule has 0 aromatic heterocycles. The maximum atomic E-state index is 10.4. The third-order valence-electron chi connectivity index (χ3n) is 3.26. The van der Waals surface area contributed by atoms with Gasteiger partial charge in [-0.3, -0.25) is 0 Å². The SMILES string of the molecule is Cc1ccc(C)c(C(O)c2ccc(CN)cc2)c1. The molecule has 1 atom stereocenters. The second kappa shape index (κ2) is 5.34. The quantitative estimate of drug-likeness (QED) is 0.868. The van der Waals surface area contributed by atoms with Gasteiger partial charge in [-0.05, 0) is 36.1 Å². The first-order chi connectivity index (χ1) is 8.61. The van der Waals surface area contributed by atoms with Crippen molar-refractivity contribution >= 4 is 0 Å². The molecule has 0 aliphatic carbocycles. The summed E-state index contributed by atoms with van der Waals surface area (Å²) in [6.07, 6.45) is -0.572. The van der Waals surface area contributed by atoms with Gasteiger partial charge in [-0.25, -0.2) is 0 Å². The molecule has 0 radical (unpaired) electrons. The van der Waals surface area contributed by atoms with E-state index in [1.165, 1.54) is 0 Å². The lowest BCUT2D eigenvalue weighted by molar-refractivity contribution is 0.219. The Labute approximate surface area is 108 Å². The molecule has 2 rings (SSSR count). The van der Waals surface area contributed by atoms with Crippen LogP contribution in [0.3, 0.4) is 0 Å².